The lowest BCUT2D eigenvalue weighted by Crippen LogP contribution is -2.23. The Hall–Kier alpha value is -2.13. The highest BCUT2D eigenvalue weighted by Crippen LogP contribution is 2.20. The van der Waals surface area contributed by atoms with Crippen molar-refractivity contribution in [2.75, 3.05) is 0 Å². The fraction of sp³-hybridized carbons (Fsp3) is 0.200. The fourth-order valence-corrected chi connectivity index (χ4v) is 4.75. The van der Waals surface area contributed by atoms with E-state index in [2.05, 4.69) is 9.71 Å². The van der Waals surface area contributed by atoms with Crippen molar-refractivity contribution in [3.05, 3.63) is 80.5 Å². The number of hydrogen-bond donors (Lipinski definition) is 1. The maximum absolute atomic E-state index is 13.2. The molecule has 0 saturated carbocycles. The third-order valence-electron chi connectivity index (χ3n) is 4.19. The lowest BCUT2D eigenvalue weighted by Gasteiger charge is -2.08. The van der Waals surface area contributed by atoms with Gasteiger partial charge in [-0.1, -0.05) is 11.6 Å². The van der Waals surface area contributed by atoms with Crippen molar-refractivity contribution in [2.45, 2.75) is 31.2 Å². The fourth-order valence-electron chi connectivity index (χ4n) is 2.59. The van der Waals surface area contributed by atoms with Crippen molar-refractivity contribution in [3.8, 4) is 0 Å². The van der Waals surface area contributed by atoms with Gasteiger partial charge in [-0.05, 0) is 55.8 Å². The van der Waals surface area contributed by atoms with Gasteiger partial charge in [0.1, 0.15) is 5.82 Å². The normalized spacial score (nSPS) is 11.6. The lowest BCUT2D eigenvalue weighted by atomic mass is 10.1. The first kappa shape index (κ1) is 21.6. The Balaban J connectivity index is 1.58. The predicted octanol–water partition coefficient (Wildman–Crippen LogP) is 4.54. The van der Waals surface area contributed by atoms with Crippen molar-refractivity contribution in [2.24, 2.45) is 0 Å². The molecule has 2 aromatic heterocycles. The van der Waals surface area contributed by atoms with Gasteiger partial charge in [-0.3, -0.25) is 9.78 Å². The Morgan fingerprint density at radius 1 is 1.21 bits per heavy atom. The van der Waals surface area contributed by atoms with Gasteiger partial charge in [-0.15, -0.1) is 11.3 Å². The molecule has 3 aromatic rings. The predicted molar refractivity (Wildman–Crippen MR) is 111 cm³/mol. The van der Waals surface area contributed by atoms with Gasteiger partial charge in [0.05, 0.1) is 22.2 Å². The highest BCUT2D eigenvalue weighted by Gasteiger charge is 2.16. The first-order valence-electron chi connectivity index (χ1n) is 8.73. The van der Waals surface area contributed by atoms with E-state index in [4.69, 9.17) is 11.6 Å². The van der Waals surface area contributed by atoms with Crippen LogP contribution in [0.1, 0.15) is 32.2 Å². The van der Waals surface area contributed by atoms with Gasteiger partial charge >= 0.3 is 0 Å². The average Bonchev–Trinajstić information content (AvgIpc) is 3.12. The molecule has 0 amide bonds. The molecule has 0 aliphatic heterocycles. The summed E-state index contributed by atoms with van der Waals surface area (Å²) in [7, 11) is -3.87. The number of nitrogens with one attached hydrogen (secondary N) is 1. The molecule has 5 nitrogen and oxygen atoms in total. The molecule has 0 aliphatic rings. The molecule has 0 spiro atoms. The smallest absolute Gasteiger partial charge is 0.240 e. The summed E-state index contributed by atoms with van der Waals surface area (Å²) in [5.74, 6) is -0.710. The summed E-state index contributed by atoms with van der Waals surface area (Å²) in [5.41, 5.74) is 0.933. The van der Waals surface area contributed by atoms with Crippen LogP contribution < -0.4 is 4.72 Å². The SMILES string of the molecule is Cc1ccc(CCC(=O)c2ccc(CNS(=O)(=O)c3ccc(F)c(Cl)c3)nc2)s1. The minimum Gasteiger partial charge on any atom is -0.294 e. The van der Waals surface area contributed by atoms with Crippen LogP contribution in [-0.2, 0) is 23.0 Å². The zero-order valence-electron chi connectivity index (χ0n) is 15.5. The zero-order valence-corrected chi connectivity index (χ0v) is 17.9. The van der Waals surface area contributed by atoms with E-state index in [0.29, 0.717) is 24.1 Å². The third-order valence-corrected chi connectivity index (χ3v) is 6.93. The van der Waals surface area contributed by atoms with E-state index in [1.165, 1.54) is 11.1 Å². The van der Waals surface area contributed by atoms with Crippen LogP contribution in [0, 0.1) is 12.7 Å². The topological polar surface area (TPSA) is 76.1 Å². The van der Waals surface area contributed by atoms with Gasteiger partial charge < -0.3 is 0 Å². The Kier molecular flexibility index (Phi) is 6.79. The molecule has 0 saturated heterocycles. The molecule has 0 radical (unpaired) electrons. The Morgan fingerprint density at radius 3 is 2.62 bits per heavy atom. The molecule has 0 atom stereocenters. The Labute approximate surface area is 177 Å². The monoisotopic (exact) mass is 452 g/mol. The summed E-state index contributed by atoms with van der Waals surface area (Å²) >= 11 is 7.31. The van der Waals surface area contributed by atoms with E-state index >= 15 is 0 Å². The molecule has 0 unspecified atom stereocenters. The standard InChI is InChI=1S/C20H18ClFN2O3S2/c1-13-2-5-16(28-13)6-9-20(25)14-3-4-15(23-11-14)12-24-29(26,27)17-7-8-19(22)18(21)10-17/h2-5,7-8,10-11,24H,6,9,12H2,1H3. The molecule has 2 heterocycles. The highest BCUT2D eigenvalue weighted by molar-refractivity contribution is 7.89. The number of carbonyl (C=O) groups excluding carboxylic acids is 1. The first-order chi connectivity index (χ1) is 13.7. The summed E-state index contributed by atoms with van der Waals surface area (Å²) in [6, 6.07) is 10.5. The number of Topliss-reactive ketones (excluding diaryl/α,β-unsaturated/α-hetero) is 1. The summed E-state index contributed by atoms with van der Waals surface area (Å²) in [6.07, 6.45) is 2.51. The van der Waals surface area contributed by atoms with Gasteiger partial charge in [0.2, 0.25) is 10.0 Å². The molecule has 0 fully saturated rings. The average molecular weight is 453 g/mol. The van der Waals surface area contributed by atoms with Gasteiger partial charge in [-0.25, -0.2) is 17.5 Å². The van der Waals surface area contributed by atoms with E-state index < -0.39 is 15.8 Å². The second-order valence-electron chi connectivity index (χ2n) is 6.37. The minimum absolute atomic E-state index is 0.0170. The van der Waals surface area contributed by atoms with Crippen molar-refractivity contribution in [3.63, 3.8) is 0 Å². The van der Waals surface area contributed by atoms with Gasteiger partial charge in [-0.2, -0.15) is 0 Å². The number of nitrogens with zero attached hydrogens (tertiary/aromatic N) is 1. The highest BCUT2D eigenvalue weighted by atomic mass is 35.5. The number of pyridine rings is 1. The number of rotatable bonds is 8. The number of benzene rings is 1. The molecule has 0 bridgehead atoms. The number of ketones is 1. The van der Waals surface area contributed by atoms with E-state index in [-0.39, 0.29) is 22.2 Å². The van der Waals surface area contributed by atoms with Crippen LogP contribution in [0.25, 0.3) is 0 Å². The maximum atomic E-state index is 13.2. The number of hydrogen-bond acceptors (Lipinski definition) is 5. The van der Waals surface area contributed by atoms with Crippen molar-refractivity contribution in [1.82, 2.24) is 9.71 Å². The molecule has 9 heteroatoms. The van der Waals surface area contributed by atoms with Gasteiger partial charge in [0.25, 0.3) is 0 Å². The molecule has 0 aliphatic carbocycles. The molecular formula is C20H18ClFN2O3S2. The third kappa shape index (κ3) is 5.70. The van der Waals surface area contributed by atoms with E-state index in [9.17, 15) is 17.6 Å². The molecule has 1 aromatic carbocycles. The van der Waals surface area contributed by atoms with E-state index in [1.54, 1.807) is 23.5 Å². The summed E-state index contributed by atoms with van der Waals surface area (Å²) in [6.45, 7) is 1.96. The van der Waals surface area contributed by atoms with Crippen LogP contribution in [0.3, 0.4) is 0 Å². The summed E-state index contributed by atoms with van der Waals surface area (Å²) in [4.78, 5) is 18.7. The number of aromatic nitrogens is 1. The molecule has 3 rings (SSSR count). The van der Waals surface area contributed by atoms with Crippen LogP contribution >= 0.6 is 22.9 Å². The lowest BCUT2D eigenvalue weighted by molar-refractivity contribution is 0.0982. The number of aryl methyl sites for hydroxylation is 2. The number of sulfonamides is 1. The maximum Gasteiger partial charge on any atom is 0.240 e. The summed E-state index contributed by atoms with van der Waals surface area (Å²) < 4.78 is 40.2. The largest absolute Gasteiger partial charge is 0.294 e. The number of carbonyl (C=O) groups is 1. The first-order valence-corrected chi connectivity index (χ1v) is 11.4. The van der Waals surface area contributed by atoms with Crippen LogP contribution in [0.2, 0.25) is 5.02 Å². The number of thiophene rings is 1. The van der Waals surface area contributed by atoms with Crippen molar-refractivity contribution >= 4 is 38.7 Å². The Morgan fingerprint density at radius 2 is 2.00 bits per heavy atom. The van der Waals surface area contributed by atoms with E-state index in [0.717, 1.165) is 23.1 Å². The second kappa shape index (κ2) is 9.13. The zero-order chi connectivity index (χ0) is 21.0. The van der Waals surface area contributed by atoms with Crippen molar-refractivity contribution < 1.29 is 17.6 Å². The second-order valence-corrected chi connectivity index (χ2v) is 9.92. The Bertz CT molecular complexity index is 1130. The van der Waals surface area contributed by atoms with Gasteiger partial charge in [0, 0.05) is 27.9 Å². The summed E-state index contributed by atoms with van der Waals surface area (Å²) in [5, 5.41) is -0.272. The molecule has 152 valence electrons. The molecule has 1 N–H and O–H groups in total. The number of halogens is 2. The van der Waals surface area contributed by atoms with Gasteiger partial charge in [0.15, 0.2) is 5.78 Å². The molecular weight excluding hydrogens is 435 g/mol. The van der Waals surface area contributed by atoms with Crippen molar-refractivity contribution in [1.29, 1.82) is 0 Å². The van der Waals surface area contributed by atoms with Crippen LogP contribution in [-0.4, -0.2) is 19.2 Å². The van der Waals surface area contributed by atoms with Crippen LogP contribution in [0.5, 0.6) is 0 Å². The quantitative estimate of drug-likeness (QED) is 0.509. The minimum atomic E-state index is -3.87. The van der Waals surface area contributed by atoms with Crippen LogP contribution in [0.4, 0.5) is 4.39 Å². The molecule has 29 heavy (non-hydrogen) atoms. The van der Waals surface area contributed by atoms with Crippen LogP contribution in [0.15, 0.2) is 53.6 Å². The van der Waals surface area contributed by atoms with E-state index in [1.807, 2.05) is 19.1 Å².